The van der Waals surface area contributed by atoms with Crippen molar-refractivity contribution in [3.05, 3.63) is 24.2 Å². The second kappa shape index (κ2) is 5.91. The molecule has 2 aromatic heterocycles. The highest BCUT2D eigenvalue weighted by Gasteiger charge is 2.15. The number of methoxy groups -OCH3 is 1. The number of esters is 1. The van der Waals surface area contributed by atoms with Crippen LogP contribution in [0.4, 0.5) is 5.82 Å². The standard InChI is InChI=1S/C12H13N5O3/c1-3-20-12(18)7-5-14-11(17-10(7)13)8-4-9(19-2)16-6-15-8/h4-6H,3H2,1-2H3,(H2,13,14,17). The van der Waals surface area contributed by atoms with E-state index in [4.69, 9.17) is 15.2 Å². The molecule has 2 N–H and O–H groups in total. The lowest BCUT2D eigenvalue weighted by Crippen LogP contribution is -2.11. The fourth-order valence-corrected chi connectivity index (χ4v) is 1.46. The summed E-state index contributed by atoms with van der Waals surface area (Å²) in [6.45, 7) is 1.96. The molecular formula is C12H13N5O3. The second-order valence-electron chi connectivity index (χ2n) is 3.66. The largest absolute Gasteiger partial charge is 0.481 e. The van der Waals surface area contributed by atoms with E-state index >= 15 is 0 Å². The number of hydrogen-bond donors (Lipinski definition) is 1. The topological polar surface area (TPSA) is 113 Å². The van der Waals surface area contributed by atoms with Crippen molar-refractivity contribution >= 4 is 11.8 Å². The van der Waals surface area contributed by atoms with E-state index in [1.54, 1.807) is 13.0 Å². The van der Waals surface area contributed by atoms with E-state index in [-0.39, 0.29) is 23.8 Å². The molecule has 0 amide bonds. The predicted octanol–water partition coefficient (Wildman–Crippen LogP) is 0.701. The summed E-state index contributed by atoms with van der Waals surface area (Å²) in [6, 6.07) is 1.57. The first-order chi connectivity index (χ1) is 9.65. The van der Waals surface area contributed by atoms with E-state index in [1.165, 1.54) is 19.6 Å². The molecule has 0 bridgehead atoms. The molecule has 0 radical (unpaired) electrons. The average molecular weight is 275 g/mol. The molecule has 8 heteroatoms. The summed E-state index contributed by atoms with van der Waals surface area (Å²) in [4.78, 5) is 27.6. The van der Waals surface area contributed by atoms with Gasteiger partial charge in [0.15, 0.2) is 5.82 Å². The lowest BCUT2D eigenvalue weighted by atomic mass is 10.3. The van der Waals surface area contributed by atoms with Crippen LogP contribution in [0.3, 0.4) is 0 Å². The molecule has 0 atom stereocenters. The maximum atomic E-state index is 11.6. The van der Waals surface area contributed by atoms with Crippen molar-refractivity contribution < 1.29 is 14.3 Å². The Kier molecular flexibility index (Phi) is 4.04. The molecule has 0 saturated heterocycles. The summed E-state index contributed by atoms with van der Waals surface area (Å²) in [5.74, 6) is 0.130. The van der Waals surface area contributed by atoms with Crippen LogP contribution in [0.5, 0.6) is 5.88 Å². The summed E-state index contributed by atoms with van der Waals surface area (Å²) in [6.07, 6.45) is 2.64. The SMILES string of the molecule is CCOC(=O)c1cnc(-c2cc(OC)ncn2)nc1N. The Morgan fingerprint density at radius 2 is 2.15 bits per heavy atom. The molecule has 0 aromatic carbocycles. The lowest BCUT2D eigenvalue weighted by Gasteiger charge is -2.06. The van der Waals surface area contributed by atoms with Gasteiger partial charge < -0.3 is 15.2 Å². The number of rotatable bonds is 4. The van der Waals surface area contributed by atoms with E-state index in [0.29, 0.717) is 11.6 Å². The molecule has 8 nitrogen and oxygen atoms in total. The zero-order valence-electron chi connectivity index (χ0n) is 11.0. The molecule has 0 aliphatic carbocycles. The van der Waals surface area contributed by atoms with Crippen LogP contribution in [0.15, 0.2) is 18.6 Å². The van der Waals surface area contributed by atoms with Crippen LogP contribution in [-0.4, -0.2) is 39.6 Å². The minimum atomic E-state index is -0.559. The number of nitrogen functional groups attached to an aromatic ring is 1. The molecule has 0 spiro atoms. The minimum absolute atomic E-state index is 0.0334. The predicted molar refractivity (Wildman–Crippen MR) is 70.0 cm³/mol. The Bertz CT molecular complexity index is 632. The molecular weight excluding hydrogens is 262 g/mol. The number of anilines is 1. The van der Waals surface area contributed by atoms with Crippen LogP contribution in [0, 0.1) is 0 Å². The van der Waals surface area contributed by atoms with Gasteiger partial charge in [-0.3, -0.25) is 0 Å². The van der Waals surface area contributed by atoms with Gasteiger partial charge in [-0.05, 0) is 6.92 Å². The summed E-state index contributed by atoms with van der Waals surface area (Å²) < 4.78 is 9.83. The average Bonchev–Trinajstić information content (AvgIpc) is 2.47. The highest BCUT2D eigenvalue weighted by atomic mass is 16.5. The first kappa shape index (κ1) is 13.7. The van der Waals surface area contributed by atoms with Crippen molar-refractivity contribution in [1.82, 2.24) is 19.9 Å². The van der Waals surface area contributed by atoms with Gasteiger partial charge in [0.05, 0.1) is 13.7 Å². The number of ether oxygens (including phenoxy) is 2. The van der Waals surface area contributed by atoms with Crippen LogP contribution in [0.2, 0.25) is 0 Å². The maximum Gasteiger partial charge on any atom is 0.343 e. The highest BCUT2D eigenvalue weighted by Crippen LogP contribution is 2.18. The highest BCUT2D eigenvalue weighted by molar-refractivity contribution is 5.93. The van der Waals surface area contributed by atoms with Crippen molar-refractivity contribution in [3.8, 4) is 17.4 Å². The first-order valence-corrected chi connectivity index (χ1v) is 5.81. The van der Waals surface area contributed by atoms with Crippen LogP contribution in [-0.2, 0) is 4.74 Å². The number of aromatic nitrogens is 4. The Morgan fingerprint density at radius 3 is 2.80 bits per heavy atom. The maximum absolute atomic E-state index is 11.6. The van der Waals surface area contributed by atoms with Gasteiger partial charge >= 0.3 is 5.97 Å². The summed E-state index contributed by atoms with van der Waals surface area (Å²) >= 11 is 0. The third-order valence-corrected chi connectivity index (χ3v) is 2.39. The fourth-order valence-electron chi connectivity index (χ4n) is 1.46. The van der Waals surface area contributed by atoms with Crippen molar-refractivity contribution in [2.24, 2.45) is 0 Å². The van der Waals surface area contributed by atoms with Gasteiger partial charge in [-0.1, -0.05) is 0 Å². The molecule has 2 aromatic rings. The summed E-state index contributed by atoms with van der Waals surface area (Å²) in [5, 5.41) is 0. The smallest absolute Gasteiger partial charge is 0.343 e. The third kappa shape index (κ3) is 2.79. The van der Waals surface area contributed by atoms with E-state index in [1.807, 2.05) is 0 Å². The van der Waals surface area contributed by atoms with Crippen molar-refractivity contribution in [2.45, 2.75) is 6.92 Å². The van der Waals surface area contributed by atoms with Gasteiger partial charge in [-0.25, -0.2) is 24.7 Å². The molecule has 0 unspecified atom stereocenters. The normalized spacial score (nSPS) is 10.1. The molecule has 0 aliphatic rings. The van der Waals surface area contributed by atoms with Crippen molar-refractivity contribution in [2.75, 3.05) is 19.5 Å². The Balaban J connectivity index is 2.35. The van der Waals surface area contributed by atoms with Gasteiger partial charge in [-0.2, -0.15) is 0 Å². The first-order valence-electron chi connectivity index (χ1n) is 5.81. The molecule has 0 saturated carbocycles. The van der Waals surface area contributed by atoms with Gasteiger partial charge in [0.25, 0.3) is 0 Å². The minimum Gasteiger partial charge on any atom is -0.481 e. The van der Waals surface area contributed by atoms with Crippen molar-refractivity contribution in [1.29, 1.82) is 0 Å². The van der Waals surface area contributed by atoms with Crippen LogP contribution in [0.1, 0.15) is 17.3 Å². The van der Waals surface area contributed by atoms with Crippen LogP contribution in [0.25, 0.3) is 11.5 Å². The molecule has 2 rings (SSSR count). The molecule has 20 heavy (non-hydrogen) atoms. The third-order valence-electron chi connectivity index (χ3n) is 2.39. The second-order valence-corrected chi connectivity index (χ2v) is 3.66. The molecule has 104 valence electrons. The monoisotopic (exact) mass is 275 g/mol. The number of nitrogens with two attached hydrogens (primary N) is 1. The zero-order valence-corrected chi connectivity index (χ0v) is 11.0. The number of nitrogens with zero attached hydrogens (tertiary/aromatic N) is 4. The van der Waals surface area contributed by atoms with E-state index in [9.17, 15) is 4.79 Å². The van der Waals surface area contributed by atoms with Crippen molar-refractivity contribution in [3.63, 3.8) is 0 Å². The van der Waals surface area contributed by atoms with Crippen LogP contribution >= 0.6 is 0 Å². The Labute approximate surface area is 115 Å². The summed E-state index contributed by atoms with van der Waals surface area (Å²) in [5.41, 5.74) is 6.30. The van der Waals surface area contributed by atoms with Gasteiger partial charge in [0, 0.05) is 12.3 Å². The molecule has 2 heterocycles. The van der Waals surface area contributed by atoms with E-state index < -0.39 is 5.97 Å². The van der Waals surface area contributed by atoms with Gasteiger partial charge in [0.1, 0.15) is 23.4 Å². The number of carbonyl (C=O) groups is 1. The van der Waals surface area contributed by atoms with E-state index in [2.05, 4.69) is 19.9 Å². The molecule has 0 fully saturated rings. The fraction of sp³-hybridized carbons (Fsp3) is 0.250. The van der Waals surface area contributed by atoms with Gasteiger partial charge in [-0.15, -0.1) is 0 Å². The van der Waals surface area contributed by atoms with Gasteiger partial charge in [0.2, 0.25) is 5.88 Å². The van der Waals surface area contributed by atoms with Crippen LogP contribution < -0.4 is 10.5 Å². The van der Waals surface area contributed by atoms with E-state index in [0.717, 1.165) is 0 Å². The number of carbonyl (C=O) groups excluding carboxylic acids is 1. The molecule has 0 aliphatic heterocycles. The lowest BCUT2D eigenvalue weighted by molar-refractivity contribution is 0.0527. The number of hydrogen-bond acceptors (Lipinski definition) is 8. The summed E-state index contributed by atoms with van der Waals surface area (Å²) in [7, 11) is 1.49. The Morgan fingerprint density at radius 1 is 1.35 bits per heavy atom. The quantitative estimate of drug-likeness (QED) is 0.811. The zero-order chi connectivity index (χ0) is 14.5. The Hall–Kier alpha value is -2.77.